The molecule has 2 aromatic carbocycles. The zero-order valence-electron chi connectivity index (χ0n) is 13.8. The Morgan fingerprint density at radius 1 is 1.08 bits per heavy atom. The van der Waals surface area contributed by atoms with E-state index in [0.717, 1.165) is 22.8 Å². The molecule has 126 valence electrons. The first kappa shape index (κ1) is 15.3. The topological polar surface area (TPSA) is 54.7 Å². The van der Waals surface area contributed by atoms with Crippen molar-refractivity contribution in [1.82, 2.24) is 4.90 Å². The number of para-hydroxylation sites is 1. The summed E-state index contributed by atoms with van der Waals surface area (Å²) in [6, 6.07) is 19.0. The van der Waals surface area contributed by atoms with Crippen LogP contribution >= 0.6 is 0 Å². The Morgan fingerprint density at radius 3 is 2.60 bits per heavy atom. The van der Waals surface area contributed by atoms with Crippen molar-refractivity contribution in [2.45, 2.75) is 12.7 Å². The average Bonchev–Trinajstić information content (AvgIpc) is 3.17. The van der Waals surface area contributed by atoms with Gasteiger partial charge in [-0.05, 0) is 42.0 Å². The molecule has 3 aromatic rings. The van der Waals surface area contributed by atoms with Gasteiger partial charge in [0.15, 0.2) is 0 Å². The van der Waals surface area contributed by atoms with Gasteiger partial charge in [0.1, 0.15) is 17.7 Å². The fourth-order valence-electron chi connectivity index (χ4n) is 3.08. The number of methoxy groups -OCH3 is 1. The van der Waals surface area contributed by atoms with Crippen LogP contribution in [-0.2, 0) is 6.54 Å². The Morgan fingerprint density at radius 2 is 1.88 bits per heavy atom. The summed E-state index contributed by atoms with van der Waals surface area (Å²) in [5.41, 5.74) is 2.48. The zero-order valence-corrected chi connectivity index (χ0v) is 13.8. The fraction of sp³-hybridized carbons (Fsp3) is 0.150. The molecule has 1 aliphatic heterocycles. The van der Waals surface area contributed by atoms with Crippen molar-refractivity contribution in [3.05, 3.63) is 83.8 Å². The van der Waals surface area contributed by atoms with E-state index in [9.17, 15) is 4.79 Å². The minimum Gasteiger partial charge on any atom is -0.497 e. The summed E-state index contributed by atoms with van der Waals surface area (Å²) >= 11 is 0. The second-order valence-electron chi connectivity index (χ2n) is 5.88. The van der Waals surface area contributed by atoms with E-state index in [1.54, 1.807) is 18.3 Å². The molecule has 5 nitrogen and oxygen atoms in total. The molecule has 5 heteroatoms. The Hall–Kier alpha value is -3.21. The standard InChI is InChI=1S/C20H18N2O3/c1-24-15-10-8-14(9-11-15)19-21-18-7-3-2-6-17(18)20(23)22(19)13-16-5-4-12-25-16/h2-12,19,21H,13H2,1H3/t19-/m1/s1. The van der Waals surface area contributed by atoms with Crippen LogP contribution in [0.25, 0.3) is 0 Å². The number of benzene rings is 2. The Bertz CT molecular complexity index is 872. The number of carbonyl (C=O) groups is 1. The van der Waals surface area contributed by atoms with Gasteiger partial charge in [0.05, 0.1) is 25.5 Å². The SMILES string of the molecule is COc1ccc([C@@H]2Nc3ccccc3C(=O)N2Cc2ccco2)cc1. The predicted octanol–water partition coefficient (Wildman–Crippen LogP) is 4.05. The summed E-state index contributed by atoms with van der Waals surface area (Å²) in [5.74, 6) is 1.50. The first-order valence-electron chi connectivity index (χ1n) is 8.09. The number of nitrogens with zero attached hydrogens (tertiary/aromatic N) is 1. The van der Waals surface area contributed by atoms with E-state index < -0.39 is 0 Å². The molecule has 0 spiro atoms. The molecule has 0 radical (unpaired) electrons. The predicted molar refractivity (Wildman–Crippen MR) is 94.4 cm³/mol. The third-order valence-corrected chi connectivity index (χ3v) is 4.36. The molecule has 0 unspecified atom stereocenters. The first-order valence-corrected chi connectivity index (χ1v) is 8.09. The summed E-state index contributed by atoms with van der Waals surface area (Å²) in [7, 11) is 1.64. The summed E-state index contributed by atoms with van der Waals surface area (Å²) in [6.45, 7) is 0.393. The minimum absolute atomic E-state index is 0.0217. The van der Waals surface area contributed by atoms with Crippen LogP contribution in [0.5, 0.6) is 5.75 Å². The molecule has 1 aliphatic rings. The molecule has 0 bridgehead atoms. The van der Waals surface area contributed by atoms with Gasteiger partial charge in [0.25, 0.3) is 5.91 Å². The highest BCUT2D eigenvalue weighted by Gasteiger charge is 2.33. The van der Waals surface area contributed by atoms with Gasteiger partial charge in [-0.2, -0.15) is 0 Å². The highest BCUT2D eigenvalue weighted by Crippen LogP contribution is 2.34. The zero-order chi connectivity index (χ0) is 17.2. The van der Waals surface area contributed by atoms with Crippen molar-refractivity contribution in [3.63, 3.8) is 0 Å². The monoisotopic (exact) mass is 334 g/mol. The Balaban J connectivity index is 1.74. The summed E-state index contributed by atoms with van der Waals surface area (Å²) in [6.07, 6.45) is 1.34. The van der Waals surface area contributed by atoms with E-state index in [-0.39, 0.29) is 12.1 Å². The van der Waals surface area contributed by atoms with Gasteiger partial charge in [-0.25, -0.2) is 0 Å². The Labute approximate surface area is 145 Å². The van der Waals surface area contributed by atoms with Crippen molar-refractivity contribution in [1.29, 1.82) is 0 Å². The van der Waals surface area contributed by atoms with Crippen molar-refractivity contribution in [2.75, 3.05) is 12.4 Å². The lowest BCUT2D eigenvalue weighted by Gasteiger charge is -2.37. The van der Waals surface area contributed by atoms with Crippen molar-refractivity contribution < 1.29 is 13.9 Å². The molecule has 25 heavy (non-hydrogen) atoms. The van der Waals surface area contributed by atoms with Crippen LogP contribution in [0.4, 0.5) is 5.69 Å². The van der Waals surface area contributed by atoms with Crippen LogP contribution in [0.15, 0.2) is 71.3 Å². The number of nitrogens with one attached hydrogen (secondary N) is 1. The molecule has 1 amide bonds. The smallest absolute Gasteiger partial charge is 0.258 e. The van der Waals surface area contributed by atoms with Crippen molar-refractivity contribution in [2.24, 2.45) is 0 Å². The maximum absolute atomic E-state index is 13.1. The minimum atomic E-state index is -0.279. The quantitative estimate of drug-likeness (QED) is 0.782. The maximum atomic E-state index is 13.1. The molecule has 1 atom stereocenters. The third kappa shape index (κ3) is 2.85. The van der Waals surface area contributed by atoms with E-state index in [0.29, 0.717) is 12.1 Å². The van der Waals surface area contributed by atoms with Crippen LogP contribution < -0.4 is 10.1 Å². The largest absolute Gasteiger partial charge is 0.497 e. The lowest BCUT2D eigenvalue weighted by atomic mass is 10.0. The molecule has 2 heterocycles. The van der Waals surface area contributed by atoms with Crippen molar-refractivity contribution >= 4 is 11.6 Å². The van der Waals surface area contributed by atoms with Crippen molar-refractivity contribution in [3.8, 4) is 5.75 Å². The van der Waals surface area contributed by atoms with Crippen LogP contribution in [0.1, 0.15) is 27.8 Å². The number of amides is 1. The molecule has 0 aliphatic carbocycles. The molecule has 0 saturated carbocycles. The molecule has 1 aromatic heterocycles. The number of ether oxygens (including phenoxy) is 1. The summed E-state index contributed by atoms with van der Waals surface area (Å²) < 4.78 is 10.7. The van der Waals surface area contributed by atoms with Gasteiger partial charge in [-0.15, -0.1) is 0 Å². The number of rotatable bonds is 4. The molecule has 1 N–H and O–H groups in total. The molecule has 0 saturated heterocycles. The van der Waals surface area contributed by atoms with Gasteiger partial charge in [-0.1, -0.05) is 24.3 Å². The van der Waals surface area contributed by atoms with Gasteiger partial charge < -0.3 is 19.4 Å². The highest BCUT2D eigenvalue weighted by atomic mass is 16.5. The molecular formula is C20H18N2O3. The van der Waals surface area contributed by atoms with E-state index in [1.165, 1.54) is 0 Å². The summed E-state index contributed by atoms with van der Waals surface area (Å²) in [4.78, 5) is 14.9. The number of hydrogen-bond donors (Lipinski definition) is 1. The lowest BCUT2D eigenvalue weighted by Crippen LogP contribution is -2.42. The molecule has 0 fully saturated rings. The number of anilines is 1. The maximum Gasteiger partial charge on any atom is 0.258 e. The fourth-order valence-corrected chi connectivity index (χ4v) is 3.08. The first-order chi connectivity index (χ1) is 12.3. The van der Waals surface area contributed by atoms with Crippen LogP contribution in [0, 0.1) is 0 Å². The van der Waals surface area contributed by atoms with Crippen LogP contribution in [0.2, 0.25) is 0 Å². The summed E-state index contributed by atoms with van der Waals surface area (Å²) in [5, 5.41) is 3.47. The van der Waals surface area contributed by atoms with Gasteiger partial charge >= 0.3 is 0 Å². The highest BCUT2D eigenvalue weighted by molar-refractivity contribution is 6.01. The second-order valence-corrected chi connectivity index (χ2v) is 5.88. The van der Waals surface area contributed by atoms with Gasteiger partial charge in [0, 0.05) is 5.69 Å². The number of furan rings is 1. The number of hydrogen-bond acceptors (Lipinski definition) is 4. The van der Waals surface area contributed by atoms with Crippen LogP contribution in [-0.4, -0.2) is 17.9 Å². The van der Waals surface area contributed by atoms with E-state index in [2.05, 4.69) is 5.32 Å². The van der Waals surface area contributed by atoms with Gasteiger partial charge in [-0.3, -0.25) is 4.79 Å². The third-order valence-electron chi connectivity index (χ3n) is 4.36. The average molecular weight is 334 g/mol. The van der Waals surface area contributed by atoms with Gasteiger partial charge in [0.2, 0.25) is 0 Å². The number of fused-ring (bicyclic) bond motifs is 1. The van der Waals surface area contributed by atoms with E-state index in [4.69, 9.17) is 9.15 Å². The van der Waals surface area contributed by atoms with E-state index >= 15 is 0 Å². The Kier molecular flexibility index (Phi) is 3.90. The lowest BCUT2D eigenvalue weighted by molar-refractivity contribution is 0.0651. The normalized spacial score (nSPS) is 16.3. The molecule has 4 rings (SSSR count). The molecular weight excluding hydrogens is 316 g/mol. The number of carbonyl (C=O) groups excluding carboxylic acids is 1. The second kappa shape index (κ2) is 6.36. The van der Waals surface area contributed by atoms with E-state index in [1.807, 2.05) is 60.7 Å². The van der Waals surface area contributed by atoms with Crippen LogP contribution in [0.3, 0.4) is 0 Å².